The first-order valence-electron chi connectivity index (χ1n) is 4.85. The fourth-order valence-corrected chi connectivity index (χ4v) is 1.64. The molecule has 0 saturated carbocycles. The Morgan fingerprint density at radius 2 is 2.06 bits per heavy atom. The van der Waals surface area contributed by atoms with Crippen LogP contribution in [0.25, 0.3) is 0 Å². The Hall–Kier alpha value is -1.56. The van der Waals surface area contributed by atoms with Gasteiger partial charge in [0.15, 0.2) is 5.78 Å². The minimum absolute atomic E-state index is 0.0684. The van der Waals surface area contributed by atoms with Crippen LogP contribution in [0.3, 0.4) is 0 Å². The van der Waals surface area contributed by atoms with Crippen LogP contribution in [-0.4, -0.2) is 22.9 Å². The Morgan fingerprint density at radius 3 is 2.65 bits per heavy atom. The first-order valence-corrected chi connectivity index (χ1v) is 4.85. The van der Waals surface area contributed by atoms with E-state index >= 15 is 0 Å². The van der Waals surface area contributed by atoms with Crippen molar-refractivity contribution in [1.29, 1.82) is 0 Å². The molecule has 1 N–H and O–H groups in total. The van der Waals surface area contributed by atoms with Crippen molar-refractivity contribution < 1.29 is 27.8 Å². The third-order valence-electron chi connectivity index (χ3n) is 2.56. The van der Waals surface area contributed by atoms with Crippen molar-refractivity contribution in [3.05, 3.63) is 29.3 Å². The summed E-state index contributed by atoms with van der Waals surface area (Å²) in [4.78, 5) is 11.6. The molecule has 0 spiro atoms. The molecule has 1 aromatic carbocycles. The zero-order valence-corrected chi connectivity index (χ0v) is 8.84. The van der Waals surface area contributed by atoms with Crippen LogP contribution in [0.1, 0.15) is 22.3 Å². The number of carbonyl (C=O) groups excluding carboxylic acids is 1. The van der Waals surface area contributed by atoms with Gasteiger partial charge in [0.25, 0.3) is 0 Å². The highest BCUT2D eigenvalue weighted by Crippen LogP contribution is 2.41. The van der Waals surface area contributed by atoms with Crippen LogP contribution in [0.15, 0.2) is 18.2 Å². The summed E-state index contributed by atoms with van der Waals surface area (Å²) in [5.41, 5.74) is 0.803. The number of benzene rings is 1. The average molecular weight is 246 g/mol. The first kappa shape index (κ1) is 11.9. The van der Waals surface area contributed by atoms with Crippen LogP contribution in [0.2, 0.25) is 0 Å². The van der Waals surface area contributed by atoms with Gasteiger partial charge in [-0.2, -0.15) is 13.2 Å². The molecule has 1 atom stereocenters. The minimum atomic E-state index is -5.01. The molecule has 2 rings (SSSR count). The van der Waals surface area contributed by atoms with E-state index in [-0.39, 0.29) is 11.3 Å². The van der Waals surface area contributed by atoms with Gasteiger partial charge in [0, 0.05) is 0 Å². The maximum Gasteiger partial charge on any atom is 0.455 e. The first-order chi connectivity index (χ1) is 7.73. The quantitative estimate of drug-likeness (QED) is 0.763. The van der Waals surface area contributed by atoms with Crippen molar-refractivity contribution in [2.75, 3.05) is 0 Å². The van der Waals surface area contributed by atoms with Gasteiger partial charge in [-0.3, -0.25) is 4.79 Å². The van der Waals surface area contributed by atoms with E-state index in [1.807, 2.05) is 0 Å². The van der Waals surface area contributed by atoms with E-state index in [1.165, 1.54) is 18.2 Å². The number of hydrogen-bond acceptors (Lipinski definition) is 3. The zero-order chi connectivity index (χ0) is 12.8. The van der Waals surface area contributed by atoms with E-state index < -0.39 is 24.2 Å². The van der Waals surface area contributed by atoms with Gasteiger partial charge in [-0.05, 0) is 19.1 Å². The van der Waals surface area contributed by atoms with Crippen molar-refractivity contribution in [1.82, 2.24) is 0 Å². The molecule has 0 aliphatic carbocycles. The number of halogens is 3. The van der Waals surface area contributed by atoms with Gasteiger partial charge in [0.05, 0.1) is 12.0 Å². The largest absolute Gasteiger partial charge is 0.455 e. The van der Waals surface area contributed by atoms with Gasteiger partial charge in [-0.15, -0.1) is 0 Å². The van der Waals surface area contributed by atoms with Gasteiger partial charge in [0.1, 0.15) is 5.75 Å². The highest BCUT2D eigenvalue weighted by atomic mass is 19.4. The van der Waals surface area contributed by atoms with E-state index in [0.717, 1.165) is 5.56 Å². The molecule has 1 aromatic rings. The number of hydrogen-bond donors (Lipinski definition) is 1. The van der Waals surface area contributed by atoms with Crippen LogP contribution >= 0.6 is 0 Å². The molecule has 0 amide bonds. The number of alkyl halides is 3. The van der Waals surface area contributed by atoms with Crippen LogP contribution in [0.4, 0.5) is 13.2 Å². The fraction of sp³-hybridized carbons (Fsp3) is 0.364. The monoisotopic (exact) mass is 246 g/mol. The third-order valence-corrected chi connectivity index (χ3v) is 2.56. The lowest BCUT2D eigenvalue weighted by Crippen LogP contribution is -2.53. The van der Waals surface area contributed by atoms with E-state index in [4.69, 9.17) is 0 Å². The summed E-state index contributed by atoms with van der Waals surface area (Å²) < 4.78 is 42.2. The lowest BCUT2D eigenvalue weighted by Gasteiger charge is -2.34. The van der Waals surface area contributed by atoms with Crippen LogP contribution < -0.4 is 4.74 Å². The van der Waals surface area contributed by atoms with E-state index in [0.29, 0.717) is 0 Å². The highest BCUT2D eigenvalue weighted by Gasteiger charge is 2.59. The third kappa shape index (κ3) is 1.88. The maximum atomic E-state index is 12.5. The number of fused-ring (bicyclic) bond motifs is 1. The molecule has 0 saturated heterocycles. The summed E-state index contributed by atoms with van der Waals surface area (Å²) >= 11 is 0. The second kappa shape index (κ2) is 3.46. The SMILES string of the molecule is Cc1ccc2c(c1)C(=O)C[C@](O)(C(F)(F)F)O2. The average Bonchev–Trinajstić information content (AvgIpc) is 2.17. The molecule has 1 aliphatic rings. The van der Waals surface area contributed by atoms with Gasteiger partial charge in [-0.1, -0.05) is 11.6 Å². The molecular weight excluding hydrogens is 237 g/mol. The maximum absolute atomic E-state index is 12.5. The number of ether oxygens (including phenoxy) is 1. The number of ketones is 1. The second-order valence-corrected chi connectivity index (χ2v) is 3.98. The minimum Gasteiger partial charge on any atom is -0.452 e. The summed E-state index contributed by atoms with van der Waals surface area (Å²) in [6.45, 7) is 1.71. The number of rotatable bonds is 0. The van der Waals surface area contributed by atoms with Gasteiger partial charge >= 0.3 is 12.0 Å². The zero-order valence-electron chi connectivity index (χ0n) is 8.84. The molecule has 92 valence electrons. The molecule has 0 fully saturated rings. The summed E-state index contributed by atoms with van der Waals surface area (Å²) in [5, 5.41) is 9.33. The molecule has 17 heavy (non-hydrogen) atoms. The molecule has 3 nitrogen and oxygen atoms in total. The molecular formula is C11H9F3O3. The fourth-order valence-electron chi connectivity index (χ4n) is 1.64. The van der Waals surface area contributed by atoms with Crippen molar-refractivity contribution in [2.24, 2.45) is 0 Å². The molecule has 1 heterocycles. The summed E-state index contributed by atoms with van der Waals surface area (Å²) in [6, 6.07) is 4.19. The molecule has 0 unspecified atom stereocenters. The van der Waals surface area contributed by atoms with Gasteiger partial charge in [-0.25, -0.2) is 0 Å². The lowest BCUT2D eigenvalue weighted by atomic mass is 9.96. The second-order valence-electron chi connectivity index (χ2n) is 3.98. The summed E-state index contributed by atoms with van der Waals surface area (Å²) in [6.07, 6.45) is -6.13. The van der Waals surface area contributed by atoms with Crippen molar-refractivity contribution in [2.45, 2.75) is 25.3 Å². The van der Waals surface area contributed by atoms with Crippen molar-refractivity contribution in [3.63, 3.8) is 0 Å². The smallest absolute Gasteiger partial charge is 0.452 e. The molecule has 6 heteroatoms. The van der Waals surface area contributed by atoms with Crippen LogP contribution in [0.5, 0.6) is 5.75 Å². The summed E-state index contributed by atoms with van der Waals surface area (Å²) in [5.74, 6) is -4.45. The Bertz CT molecular complexity index is 481. The van der Waals surface area contributed by atoms with Gasteiger partial charge < -0.3 is 9.84 Å². The molecule has 0 aromatic heterocycles. The van der Waals surface area contributed by atoms with Gasteiger partial charge in [0.2, 0.25) is 0 Å². The topological polar surface area (TPSA) is 46.5 Å². The number of Topliss-reactive ketones (excluding diaryl/α,β-unsaturated/α-hetero) is 1. The number of carbonyl (C=O) groups is 1. The van der Waals surface area contributed by atoms with E-state index in [2.05, 4.69) is 4.74 Å². The van der Waals surface area contributed by atoms with Crippen molar-refractivity contribution >= 4 is 5.78 Å². The lowest BCUT2D eigenvalue weighted by molar-refractivity contribution is -0.334. The summed E-state index contributed by atoms with van der Waals surface area (Å²) in [7, 11) is 0. The predicted octanol–water partition coefficient (Wildman–Crippen LogP) is 2.21. The number of aryl methyl sites for hydroxylation is 1. The molecule has 0 radical (unpaired) electrons. The Labute approximate surface area is 94.8 Å². The Morgan fingerprint density at radius 1 is 1.41 bits per heavy atom. The Kier molecular flexibility index (Phi) is 2.43. The molecule has 1 aliphatic heterocycles. The highest BCUT2D eigenvalue weighted by molar-refractivity contribution is 6.00. The Balaban J connectivity index is 2.47. The van der Waals surface area contributed by atoms with Crippen molar-refractivity contribution in [3.8, 4) is 5.75 Å². The van der Waals surface area contributed by atoms with Crippen LogP contribution in [0, 0.1) is 6.92 Å². The normalized spacial score (nSPS) is 24.2. The standard InChI is InChI=1S/C11H9F3O3/c1-6-2-3-9-7(4-6)8(15)5-10(16,17-9)11(12,13)14/h2-4,16H,5H2,1H3/t10-/m1/s1. The van der Waals surface area contributed by atoms with E-state index in [9.17, 15) is 23.1 Å². The van der Waals surface area contributed by atoms with Crippen LogP contribution in [-0.2, 0) is 0 Å². The van der Waals surface area contributed by atoms with E-state index in [1.54, 1.807) is 6.92 Å². The predicted molar refractivity (Wildman–Crippen MR) is 51.8 cm³/mol. The number of aliphatic hydroxyl groups is 1. The molecule has 0 bridgehead atoms.